The number of benzene rings is 1. The van der Waals surface area contributed by atoms with Gasteiger partial charge in [0.05, 0.1) is 5.02 Å². The van der Waals surface area contributed by atoms with Crippen LogP contribution in [-0.4, -0.2) is 24.6 Å². The number of amides is 3. The lowest BCUT2D eigenvalue weighted by Crippen LogP contribution is -2.48. The Hall–Kier alpha value is -1.82. The first-order valence-electron chi connectivity index (χ1n) is 7.64. The highest BCUT2D eigenvalue weighted by Gasteiger charge is 2.23. The maximum absolute atomic E-state index is 13.0. The topological polar surface area (TPSA) is 67.4 Å². The lowest BCUT2D eigenvalue weighted by molar-refractivity contribution is -0.122. The number of halogens is 2. The van der Waals surface area contributed by atoms with Gasteiger partial charge in [-0.05, 0) is 30.9 Å². The van der Waals surface area contributed by atoms with Crippen LogP contribution in [0.5, 0.6) is 5.75 Å². The van der Waals surface area contributed by atoms with Crippen LogP contribution in [0.15, 0.2) is 18.2 Å². The summed E-state index contributed by atoms with van der Waals surface area (Å²) in [5.41, 5.74) is 0. The zero-order chi connectivity index (χ0) is 16.8. The molecule has 23 heavy (non-hydrogen) atoms. The molecule has 1 fully saturated rings. The first-order valence-corrected chi connectivity index (χ1v) is 8.01. The van der Waals surface area contributed by atoms with Crippen molar-refractivity contribution < 1.29 is 18.7 Å². The van der Waals surface area contributed by atoms with Gasteiger partial charge in [0.25, 0.3) is 5.91 Å². The molecule has 0 bridgehead atoms. The van der Waals surface area contributed by atoms with Gasteiger partial charge >= 0.3 is 6.03 Å². The molecule has 0 radical (unpaired) electrons. The van der Waals surface area contributed by atoms with E-state index in [2.05, 4.69) is 17.6 Å². The van der Waals surface area contributed by atoms with Crippen LogP contribution in [0, 0.1) is 11.7 Å². The molecule has 7 heteroatoms. The third kappa shape index (κ3) is 5.39. The van der Waals surface area contributed by atoms with E-state index in [9.17, 15) is 14.0 Å². The molecule has 126 valence electrons. The second-order valence-electron chi connectivity index (χ2n) is 5.75. The largest absolute Gasteiger partial charge is 0.484 e. The summed E-state index contributed by atoms with van der Waals surface area (Å²) >= 11 is 5.62. The van der Waals surface area contributed by atoms with Gasteiger partial charge < -0.3 is 10.1 Å². The van der Waals surface area contributed by atoms with Crippen molar-refractivity contribution in [1.29, 1.82) is 0 Å². The van der Waals surface area contributed by atoms with Gasteiger partial charge in [0.15, 0.2) is 6.61 Å². The molecule has 1 aliphatic rings. The van der Waals surface area contributed by atoms with E-state index in [4.69, 9.17) is 16.3 Å². The summed E-state index contributed by atoms with van der Waals surface area (Å²) in [4.78, 5) is 23.5. The lowest BCUT2D eigenvalue weighted by Gasteiger charge is -2.29. The first-order chi connectivity index (χ1) is 11.0. The summed E-state index contributed by atoms with van der Waals surface area (Å²) in [5.74, 6) is -0.481. The Bertz CT molecular complexity index is 582. The number of carbonyl (C=O) groups is 2. The number of hydrogen-bond donors (Lipinski definition) is 2. The zero-order valence-electron chi connectivity index (χ0n) is 12.9. The van der Waals surface area contributed by atoms with Gasteiger partial charge in [-0.1, -0.05) is 31.4 Å². The van der Waals surface area contributed by atoms with Crippen LogP contribution in [0.2, 0.25) is 5.02 Å². The van der Waals surface area contributed by atoms with Gasteiger partial charge in [0.1, 0.15) is 11.6 Å². The van der Waals surface area contributed by atoms with Gasteiger partial charge in [0, 0.05) is 12.1 Å². The number of urea groups is 1. The van der Waals surface area contributed by atoms with Gasteiger partial charge in [-0.2, -0.15) is 0 Å². The molecule has 2 rings (SSSR count). The Morgan fingerprint density at radius 2 is 2.09 bits per heavy atom. The van der Waals surface area contributed by atoms with Crippen LogP contribution in [0.1, 0.15) is 32.6 Å². The van der Waals surface area contributed by atoms with Crippen LogP contribution >= 0.6 is 11.6 Å². The molecule has 0 aliphatic heterocycles. The molecule has 1 saturated carbocycles. The Morgan fingerprint density at radius 3 is 2.78 bits per heavy atom. The molecule has 3 amide bonds. The molecular formula is C16H20ClFN2O3. The maximum atomic E-state index is 13.0. The molecule has 1 aliphatic carbocycles. The molecule has 2 atom stereocenters. The third-order valence-electron chi connectivity index (χ3n) is 3.94. The van der Waals surface area contributed by atoms with Crippen LogP contribution in [0.25, 0.3) is 0 Å². The van der Waals surface area contributed by atoms with Crippen molar-refractivity contribution >= 4 is 23.5 Å². The minimum absolute atomic E-state index is 0.0908. The van der Waals surface area contributed by atoms with E-state index in [1.54, 1.807) is 0 Å². The highest BCUT2D eigenvalue weighted by molar-refractivity contribution is 6.30. The van der Waals surface area contributed by atoms with Crippen LogP contribution in [0.4, 0.5) is 9.18 Å². The number of nitrogens with one attached hydrogen (secondary N) is 2. The summed E-state index contributed by atoms with van der Waals surface area (Å²) < 4.78 is 18.2. The van der Waals surface area contributed by atoms with Crippen molar-refractivity contribution in [2.45, 2.75) is 38.6 Å². The lowest BCUT2D eigenvalue weighted by atomic mass is 9.86. The molecule has 5 nitrogen and oxygen atoms in total. The summed E-state index contributed by atoms with van der Waals surface area (Å²) in [6.07, 6.45) is 4.26. The van der Waals surface area contributed by atoms with Crippen LogP contribution in [-0.2, 0) is 4.79 Å². The first kappa shape index (κ1) is 17.5. The van der Waals surface area contributed by atoms with E-state index >= 15 is 0 Å². The van der Waals surface area contributed by atoms with Gasteiger partial charge in [-0.25, -0.2) is 9.18 Å². The Morgan fingerprint density at radius 1 is 1.35 bits per heavy atom. The maximum Gasteiger partial charge on any atom is 0.321 e. The van der Waals surface area contributed by atoms with Crippen LogP contribution in [0.3, 0.4) is 0 Å². The molecule has 0 unspecified atom stereocenters. The van der Waals surface area contributed by atoms with Crippen LogP contribution < -0.4 is 15.4 Å². The number of imide groups is 1. The van der Waals surface area contributed by atoms with Crippen molar-refractivity contribution in [3.8, 4) is 5.75 Å². The molecule has 0 saturated heterocycles. The van der Waals surface area contributed by atoms with Gasteiger partial charge in [-0.15, -0.1) is 0 Å². The Kier molecular flexibility index (Phi) is 6.21. The third-order valence-corrected chi connectivity index (χ3v) is 4.23. The fraction of sp³-hybridized carbons (Fsp3) is 0.500. The highest BCUT2D eigenvalue weighted by Crippen LogP contribution is 2.23. The predicted octanol–water partition coefficient (Wildman–Crippen LogP) is 3.26. The van der Waals surface area contributed by atoms with E-state index in [1.165, 1.54) is 18.6 Å². The van der Waals surface area contributed by atoms with Gasteiger partial charge in [0.2, 0.25) is 0 Å². The van der Waals surface area contributed by atoms with E-state index < -0.39 is 17.8 Å². The molecule has 0 heterocycles. The number of carbonyl (C=O) groups excluding carboxylic acids is 2. The Labute approximate surface area is 139 Å². The van der Waals surface area contributed by atoms with Crippen molar-refractivity contribution in [3.63, 3.8) is 0 Å². The van der Waals surface area contributed by atoms with Gasteiger partial charge in [-0.3, -0.25) is 10.1 Å². The second-order valence-corrected chi connectivity index (χ2v) is 6.16. The number of hydrogen-bond acceptors (Lipinski definition) is 3. The molecule has 0 spiro atoms. The van der Waals surface area contributed by atoms with Crippen molar-refractivity contribution in [1.82, 2.24) is 10.6 Å². The molecule has 0 aromatic heterocycles. The minimum atomic E-state index is -0.577. The van der Waals surface area contributed by atoms with E-state index in [0.29, 0.717) is 5.92 Å². The van der Waals surface area contributed by atoms with E-state index in [0.717, 1.165) is 25.3 Å². The van der Waals surface area contributed by atoms with Crippen molar-refractivity contribution in [2.24, 2.45) is 5.92 Å². The molecule has 2 N–H and O–H groups in total. The zero-order valence-corrected chi connectivity index (χ0v) is 13.7. The fourth-order valence-electron chi connectivity index (χ4n) is 2.61. The smallest absolute Gasteiger partial charge is 0.321 e. The van der Waals surface area contributed by atoms with Crippen molar-refractivity contribution in [2.75, 3.05) is 6.61 Å². The predicted molar refractivity (Wildman–Crippen MR) is 85.0 cm³/mol. The average molecular weight is 343 g/mol. The summed E-state index contributed by atoms with van der Waals surface area (Å²) in [5, 5.41) is 4.95. The summed E-state index contributed by atoms with van der Waals surface area (Å²) in [7, 11) is 0. The standard InChI is InChI=1S/C16H20ClFN2O3/c1-10-4-2-3-5-14(10)19-16(22)20-15(21)9-23-11-6-7-13(18)12(17)8-11/h6-8,10,14H,2-5,9H2,1H3,(H2,19,20,21,22)/t10-,14+/m1/s1. The summed E-state index contributed by atoms with van der Waals surface area (Å²) in [6, 6.07) is 3.35. The summed E-state index contributed by atoms with van der Waals surface area (Å²) in [6.45, 7) is 1.74. The second kappa shape index (κ2) is 8.15. The number of ether oxygens (including phenoxy) is 1. The fourth-order valence-corrected chi connectivity index (χ4v) is 2.78. The Balaban J connectivity index is 1.75. The van der Waals surface area contributed by atoms with E-state index in [-0.39, 0.29) is 23.4 Å². The molecule has 1 aromatic carbocycles. The molecule has 1 aromatic rings. The average Bonchev–Trinajstić information content (AvgIpc) is 2.51. The quantitative estimate of drug-likeness (QED) is 0.882. The molecular weight excluding hydrogens is 323 g/mol. The number of rotatable bonds is 4. The van der Waals surface area contributed by atoms with Crippen molar-refractivity contribution in [3.05, 3.63) is 29.0 Å². The SMILES string of the molecule is C[C@@H]1CCCC[C@@H]1NC(=O)NC(=O)COc1ccc(F)c(Cl)c1. The minimum Gasteiger partial charge on any atom is -0.484 e. The monoisotopic (exact) mass is 342 g/mol. The highest BCUT2D eigenvalue weighted by atomic mass is 35.5. The normalized spacial score (nSPS) is 20.7. The van der Waals surface area contributed by atoms with E-state index in [1.807, 2.05) is 0 Å².